The Morgan fingerprint density at radius 3 is 2.44 bits per heavy atom. The molecule has 1 unspecified atom stereocenters. The molecule has 2 fully saturated rings. The minimum atomic E-state index is -4.24. The second kappa shape index (κ2) is 10.3. The summed E-state index contributed by atoms with van der Waals surface area (Å²) in [5, 5.41) is 4.31. The number of carbonyl (C=O) groups excluding carboxylic acids is 1. The van der Waals surface area contributed by atoms with E-state index in [9.17, 15) is 26.4 Å². The highest BCUT2D eigenvalue weighted by Crippen LogP contribution is 2.59. The van der Waals surface area contributed by atoms with Crippen molar-refractivity contribution in [2.24, 2.45) is 11.3 Å². The van der Waals surface area contributed by atoms with Crippen LogP contribution in [-0.2, 0) is 10.0 Å². The molecule has 5 rings (SSSR count). The molecule has 1 atom stereocenters. The molecule has 2 aromatic heterocycles. The van der Waals surface area contributed by atoms with Crippen molar-refractivity contribution >= 4 is 21.7 Å². The average Bonchev–Trinajstić information content (AvgIpc) is 3.49. The van der Waals surface area contributed by atoms with E-state index in [-0.39, 0.29) is 53.7 Å². The summed E-state index contributed by atoms with van der Waals surface area (Å²) >= 11 is 0. The molecule has 13 heteroatoms. The van der Waals surface area contributed by atoms with Gasteiger partial charge in [-0.15, -0.1) is 5.10 Å². The maximum absolute atomic E-state index is 13.4. The third-order valence-corrected chi connectivity index (χ3v) is 9.76. The molecule has 1 amide bonds. The van der Waals surface area contributed by atoms with Gasteiger partial charge in [0.05, 0.1) is 22.5 Å². The largest absolute Gasteiger partial charge is 0.477 e. The molecular weight excluding hydrogens is 559 g/mol. The van der Waals surface area contributed by atoms with Crippen LogP contribution in [0.15, 0.2) is 59.6 Å². The summed E-state index contributed by atoms with van der Waals surface area (Å²) in [6.07, 6.45) is -1.75. The summed E-state index contributed by atoms with van der Waals surface area (Å²) in [4.78, 5) is 20.0. The molecule has 0 spiro atoms. The van der Waals surface area contributed by atoms with E-state index in [0.29, 0.717) is 18.2 Å². The van der Waals surface area contributed by atoms with Crippen molar-refractivity contribution in [1.29, 1.82) is 0 Å². The van der Waals surface area contributed by atoms with Crippen LogP contribution in [0.2, 0.25) is 0 Å². The number of hydrogen-bond donors (Lipinski definition) is 1. The Morgan fingerprint density at radius 2 is 1.83 bits per heavy atom. The number of nitrogens with zero attached hydrogens (tertiary/aromatic N) is 4. The van der Waals surface area contributed by atoms with Crippen molar-refractivity contribution in [2.75, 3.05) is 18.1 Å². The first-order valence-corrected chi connectivity index (χ1v) is 14.9. The van der Waals surface area contributed by atoms with Crippen molar-refractivity contribution < 1.29 is 31.1 Å². The summed E-state index contributed by atoms with van der Waals surface area (Å²) in [5.74, 6) is 0.241. The number of amides is 1. The minimum Gasteiger partial charge on any atom is -0.477 e. The zero-order chi connectivity index (χ0) is 29.6. The van der Waals surface area contributed by atoms with Crippen LogP contribution < -0.4 is 14.4 Å². The summed E-state index contributed by atoms with van der Waals surface area (Å²) in [6.45, 7) is 6.66. The number of carbonyl (C=O) groups is 1. The van der Waals surface area contributed by atoms with Gasteiger partial charge in [0.2, 0.25) is 5.88 Å². The first-order valence-electron chi connectivity index (χ1n) is 13.4. The predicted octanol–water partition coefficient (Wildman–Crippen LogP) is 5.12. The zero-order valence-electron chi connectivity index (χ0n) is 23.0. The Balaban J connectivity index is 1.40. The molecule has 1 saturated heterocycles. The Labute approximate surface area is 236 Å². The fourth-order valence-corrected chi connectivity index (χ4v) is 6.07. The molecule has 2 aliphatic rings. The second-order valence-corrected chi connectivity index (χ2v) is 12.9. The highest BCUT2D eigenvalue weighted by Gasteiger charge is 2.62. The number of nitrogens with one attached hydrogen (secondary N) is 1. The smallest absolute Gasteiger partial charge is 0.394 e. The van der Waals surface area contributed by atoms with Gasteiger partial charge in [0.25, 0.3) is 15.9 Å². The van der Waals surface area contributed by atoms with Gasteiger partial charge in [-0.3, -0.25) is 4.79 Å². The predicted molar refractivity (Wildman–Crippen MR) is 145 cm³/mol. The molecule has 0 radical (unpaired) electrons. The highest BCUT2D eigenvalue weighted by atomic mass is 32.2. The first-order chi connectivity index (χ1) is 19.2. The van der Waals surface area contributed by atoms with Crippen LogP contribution in [0.1, 0.15) is 56.8 Å². The molecule has 41 heavy (non-hydrogen) atoms. The summed E-state index contributed by atoms with van der Waals surface area (Å²) in [5.41, 5.74) is -1.95. The van der Waals surface area contributed by atoms with Gasteiger partial charge in [-0.2, -0.15) is 13.2 Å². The number of pyridine rings is 1. The van der Waals surface area contributed by atoms with Gasteiger partial charge < -0.3 is 9.64 Å². The van der Waals surface area contributed by atoms with Crippen LogP contribution in [0.4, 0.5) is 19.0 Å². The van der Waals surface area contributed by atoms with Crippen molar-refractivity contribution in [1.82, 2.24) is 19.5 Å². The van der Waals surface area contributed by atoms with E-state index in [1.807, 2.05) is 18.7 Å². The Bertz CT molecular complexity index is 1540. The number of aromatic nitrogens is 3. The molecule has 1 aliphatic carbocycles. The van der Waals surface area contributed by atoms with Gasteiger partial charge in [-0.25, -0.2) is 22.8 Å². The molecule has 0 bridgehead atoms. The van der Waals surface area contributed by atoms with Crippen LogP contribution >= 0.6 is 0 Å². The summed E-state index contributed by atoms with van der Waals surface area (Å²) < 4.78 is 74.4. The third-order valence-electron chi connectivity index (χ3n) is 8.41. The van der Waals surface area contributed by atoms with Crippen LogP contribution in [0, 0.1) is 11.3 Å². The Morgan fingerprint density at radius 1 is 1.12 bits per heavy atom. The van der Waals surface area contributed by atoms with Gasteiger partial charge in [0.15, 0.2) is 5.82 Å². The van der Waals surface area contributed by atoms with E-state index in [4.69, 9.17) is 9.72 Å². The van der Waals surface area contributed by atoms with Crippen LogP contribution in [0.25, 0.3) is 5.82 Å². The molecule has 3 heterocycles. The number of benzene rings is 1. The lowest BCUT2D eigenvalue weighted by molar-refractivity contribution is -0.190. The Hall–Kier alpha value is -3.61. The van der Waals surface area contributed by atoms with Gasteiger partial charge in [-0.05, 0) is 69.7 Å². The van der Waals surface area contributed by atoms with Gasteiger partial charge in [0, 0.05) is 24.3 Å². The van der Waals surface area contributed by atoms with Crippen molar-refractivity contribution in [2.45, 2.75) is 63.1 Å². The molecule has 1 saturated carbocycles. The third kappa shape index (κ3) is 5.64. The number of rotatable bonds is 9. The van der Waals surface area contributed by atoms with Crippen molar-refractivity contribution in [3.8, 4) is 11.7 Å². The topological polar surface area (TPSA) is 106 Å². The fourth-order valence-electron chi connectivity index (χ4n) is 5.08. The molecule has 1 aromatic carbocycles. The summed E-state index contributed by atoms with van der Waals surface area (Å²) in [7, 11) is -4.12. The maximum Gasteiger partial charge on any atom is 0.394 e. The Kier molecular flexibility index (Phi) is 7.29. The van der Waals surface area contributed by atoms with E-state index >= 15 is 0 Å². The highest BCUT2D eigenvalue weighted by molar-refractivity contribution is 7.90. The monoisotopic (exact) mass is 591 g/mol. The van der Waals surface area contributed by atoms with E-state index in [1.165, 1.54) is 35.0 Å². The zero-order valence-corrected chi connectivity index (χ0v) is 23.8. The number of halogens is 3. The molecule has 9 nitrogen and oxygen atoms in total. The lowest BCUT2D eigenvalue weighted by Gasteiger charge is -2.36. The minimum absolute atomic E-state index is 0.0403. The normalized spacial score (nSPS) is 19.7. The van der Waals surface area contributed by atoms with E-state index in [1.54, 1.807) is 24.4 Å². The van der Waals surface area contributed by atoms with Crippen LogP contribution in [0.5, 0.6) is 5.88 Å². The van der Waals surface area contributed by atoms with E-state index in [0.717, 1.165) is 6.42 Å². The number of ether oxygens (including phenoxy) is 1. The molecule has 1 aliphatic heterocycles. The van der Waals surface area contributed by atoms with Crippen LogP contribution in [0.3, 0.4) is 0 Å². The SMILES string of the molecule is CC1CCN(c2nc(-n3ccc(OCCC4(C(F)(F)F)CC4)n3)ccc2C(=O)NS(=O)(=O)c2ccccc2)C1(C)C. The molecular formula is C28H32F3N5O4S. The van der Waals surface area contributed by atoms with Gasteiger partial charge >= 0.3 is 6.18 Å². The lowest BCUT2D eigenvalue weighted by atomic mass is 9.90. The number of sulfonamides is 1. The quantitative estimate of drug-likeness (QED) is 0.368. The van der Waals surface area contributed by atoms with Gasteiger partial charge in [0.1, 0.15) is 5.82 Å². The number of alkyl halides is 3. The first kappa shape index (κ1) is 28.9. The van der Waals surface area contributed by atoms with E-state index in [2.05, 4.69) is 16.7 Å². The summed E-state index contributed by atoms with van der Waals surface area (Å²) in [6, 6.07) is 12.2. The average molecular weight is 592 g/mol. The standard InChI is InChI=1S/C28H32F3N5O4S/c1-19-11-16-35(26(19,2)3)24-21(25(37)34-41(38,39)20-7-5-4-6-8-20)9-10-22(32-24)36-17-12-23(33-36)40-18-15-27(13-14-27)28(29,30)31/h4-10,12,17,19H,11,13-16,18H2,1-3H3,(H,34,37). The number of anilines is 1. The van der Waals surface area contributed by atoms with Gasteiger partial charge in [-0.1, -0.05) is 25.1 Å². The number of hydrogen-bond acceptors (Lipinski definition) is 7. The molecule has 3 aromatic rings. The van der Waals surface area contributed by atoms with Crippen molar-refractivity contribution in [3.05, 3.63) is 60.3 Å². The maximum atomic E-state index is 13.4. The fraction of sp³-hybridized carbons (Fsp3) is 0.464. The molecule has 220 valence electrons. The van der Waals surface area contributed by atoms with E-state index < -0.39 is 27.5 Å². The lowest BCUT2D eigenvalue weighted by Crippen LogP contribution is -2.43. The molecule has 1 N–H and O–H groups in total. The second-order valence-electron chi connectivity index (χ2n) is 11.3. The van der Waals surface area contributed by atoms with Crippen LogP contribution in [-0.4, -0.2) is 54.0 Å². The van der Waals surface area contributed by atoms with Crippen molar-refractivity contribution in [3.63, 3.8) is 0 Å².